The van der Waals surface area contributed by atoms with Crippen LogP contribution in [0.4, 0.5) is 0 Å². The smallest absolute Gasteiger partial charge is 0.200 e. The van der Waals surface area contributed by atoms with E-state index >= 15 is 0 Å². The first-order valence-corrected chi connectivity index (χ1v) is 5.00. The van der Waals surface area contributed by atoms with Crippen LogP contribution in [0, 0.1) is 0 Å². The molecule has 3 rings (SSSR count). The van der Waals surface area contributed by atoms with E-state index in [0.29, 0.717) is 0 Å². The van der Waals surface area contributed by atoms with Gasteiger partial charge in [0.1, 0.15) is 5.75 Å². The van der Waals surface area contributed by atoms with Crippen LogP contribution in [0.3, 0.4) is 0 Å². The van der Waals surface area contributed by atoms with E-state index in [0.717, 1.165) is 23.3 Å². The number of ketones is 1. The third kappa shape index (κ3) is 1.30. The summed E-state index contributed by atoms with van der Waals surface area (Å²) in [6.45, 7) is 0. The number of fused-ring (bicyclic) bond motifs is 2. The Bertz CT molecular complexity index is 483. The lowest BCUT2D eigenvalue weighted by atomic mass is 9.91. The Balaban J connectivity index is 2.06. The van der Waals surface area contributed by atoms with Crippen LogP contribution in [0.25, 0.3) is 0 Å². The molecule has 0 saturated heterocycles. The van der Waals surface area contributed by atoms with Crippen LogP contribution in [0.2, 0.25) is 0 Å². The fourth-order valence-corrected chi connectivity index (χ4v) is 2.02. The summed E-state index contributed by atoms with van der Waals surface area (Å²) in [6.07, 6.45) is 5.77. The van der Waals surface area contributed by atoms with Crippen molar-refractivity contribution in [3.63, 3.8) is 0 Å². The maximum Gasteiger partial charge on any atom is 0.200 e. The molecule has 1 aromatic rings. The van der Waals surface area contributed by atoms with Gasteiger partial charge in [-0.25, -0.2) is 0 Å². The molecule has 0 fully saturated rings. The van der Waals surface area contributed by atoms with Crippen molar-refractivity contribution < 1.29 is 9.53 Å². The molecular weight excluding hydrogens is 188 g/mol. The van der Waals surface area contributed by atoms with E-state index < -0.39 is 0 Å². The number of hydrogen-bond donors (Lipinski definition) is 0. The van der Waals surface area contributed by atoms with Crippen molar-refractivity contribution in [3.8, 4) is 5.75 Å². The Morgan fingerprint density at radius 2 is 2.13 bits per heavy atom. The Kier molecular flexibility index (Phi) is 1.75. The normalized spacial score (nSPS) is 22.5. The predicted octanol–water partition coefficient (Wildman–Crippen LogP) is 2.06. The molecule has 15 heavy (non-hydrogen) atoms. The van der Waals surface area contributed by atoms with E-state index in [2.05, 4.69) is 0 Å². The summed E-state index contributed by atoms with van der Waals surface area (Å²) >= 11 is 0. The van der Waals surface area contributed by atoms with Crippen molar-refractivity contribution >= 4 is 5.78 Å². The highest BCUT2D eigenvalue weighted by atomic mass is 16.5. The van der Waals surface area contributed by atoms with Crippen molar-refractivity contribution in [1.82, 2.24) is 0 Å². The van der Waals surface area contributed by atoms with Gasteiger partial charge in [0, 0.05) is 6.42 Å². The summed E-state index contributed by atoms with van der Waals surface area (Å²) in [5.41, 5.74) is 2.21. The lowest BCUT2D eigenvalue weighted by Crippen LogP contribution is -2.33. The SMILES string of the molecule is O=C1C=CC=C2Cc3ccccc3OC12. The van der Waals surface area contributed by atoms with E-state index in [9.17, 15) is 4.79 Å². The minimum Gasteiger partial charge on any atom is -0.478 e. The highest BCUT2D eigenvalue weighted by molar-refractivity contribution is 5.98. The fraction of sp³-hybridized carbons (Fsp3) is 0.154. The second-order valence-electron chi connectivity index (χ2n) is 3.79. The van der Waals surface area contributed by atoms with Crippen LogP contribution in [-0.2, 0) is 11.2 Å². The molecule has 1 aliphatic heterocycles. The second-order valence-corrected chi connectivity index (χ2v) is 3.79. The minimum atomic E-state index is -0.384. The minimum absolute atomic E-state index is 0.0435. The van der Waals surface area contributed by atoms with E-state index in [-0.39, 0.29) is 11.9 Å². The molecule has 1 aromatic carbocycles. The summed E-state index contributed by atoms with van der Waals surface area (Å²) < 4.78 is 5.68. The van der Waals surface area contributed by atoms with Crippen LogP contribution >= 0.6 is 0 Å². The average Bonchev–Trinajstić information content (AvgIpc) is 2.27. The van der Waals surface area contributed by atoms with Gasteiger partial charge >= 0.3 is 0 Å². The lowest BCUT2D eigenvalue weighted by Gasteiger charge is -2.28. The zero-order chi connectivity index (χ0) is 10.3. The summed E-state index contributed by atoms with van der Waals surface area (Å²) in [6, 6.07) is 7.87. The zero-order valence-electron chi connectivity index (χ0n) is 8.14. The van der Waals surface area contributed by atoms with Crippen LogP contribution in [0.5, 0.6) is 5.75 Å². The van der Waals surface area contributed by atoms with Crippen molar-refractivity contribution in [1.29, 1.82) is 0 Å². The lowest BCUT2D eigenvalue weighted by molar-refractivity contribution is -0.120. The molecule has 0 aromatic heterocycles. The molecule has 1 atom stereocenters. The third-order valence-corrected chi connectivity index (χ3v) is 2.78. The van der Waals surface area contributed by atoms with Gasteiger partial charge in [0.25, 0.3) is 0 Å². The number of allylic oxidation sites excluding steroid dienone is 2. The zero-order valence-corrected chi connectivity index (χ0v) is 8.14. The predicted molar refractivity (Wildman–Crippen MR) is 56.8 cm³/mol. The quantitative estimate of drug-likeness (QED) is 0.637. The van der Waals surface area contributed by atoms with Gasteiger partial charge in [0.2, 0.25) is 0 Å². The first-order chi connectivity index (χ1) is 7.34. The van der Waals surface area contributed by atoms with E-state index in [1.165, 1.54) is 0 Å². The molecule has 0 amide bonds. The summed E-state index contributed by atoms with van der Waals surface area (Å²) in [5.74, 6) is 0.880. The third-order valence-electron chi connectivity index (χ3n) is 2.78. The number of carbonyl (C=O) groups excluding carboxylic acids is 1. The van der Waals surface area contributed by atoms with E-state index in [4.69, 9.17) is 4.74 Å². The standard InChI is InChI=1S/C13H10O2/c14-11-6-3-5-10-8-9-4-1-2-7-12(9)15-13(10)11/h1-7,13H,8H2. The number of ether oxygens (including phenoxy) is 1. The molecular formula is C13H10O2. The highest BCUT2D eigenvalue weighted by Gasteiger charge is 2.29. The molecule has 1 heterocycles. The Morgan fingerprint density at radius 3 is 3.07 bits per heavy atom. The van der Waals surface area contributed by atoms with Crippen LogP contribution < -0.4 is 4.74 Å². The molecule has 0 radical (unpaired) electrons. The van der Waals surface area contributed by atoms with Gasteiger partial charge in [-0.1, -0.05) is 30.4 Å². The van der Waals surface area contributed by atoms with Crippen LogP contribution in [0.15, 0.2) is 48.1 Å². The molecule has 1 unspecified atom stereocenters. The molecule has 1 aliphatic carbocycles. The number of hydrogen-bond acceptors (Lipinski definition) is 2. The molecule has 2 heteroatoms. The van der Waals surface area contributed by atoms with Gasteiger partial charge in [-0.2, -0.15) is 0 Å². The van der Waals surface area contributed by atoms with Gasteiger partial charge in [0.05, 0.1) is 0 Å². The van der Waals surface area contributed by atoms with Crippen molar-refractivity contribution in [3.05, 3.63) is 53.6 Å². The first kappa shape index (κ1) is 8.48. The van der Waals surface area contributed by atoms with Crippen LogP contribution in [0.1, 0.15) is 5.56 Å². The van der Waals surface area contributed by atoms with Crippen molar-refractivity contribution in [2.75, 3.05) is 0 Å². The maximum absolute atomic E-state index is 11.6. The van der Waals surface area contributed by atoms with E-state index in [1.807, 2.05) is 30.3 Å². The topological polar surface area (TPSA) is 26.3 Å². The van der Waals surface area contributed by atoms with Gasteiger partial charge in [0.15, 0.2) is 11.9 Å². The Morgan fingerprint density at radius 1 is 1.27 bits per heavy atom. The molecule has 2 aliphatic rings. The molecule has 0 spiro atoms. The summed E-state index contributed by atoms with van der Waals surface area (Å²) in [4.78, 5) is 11.6. The molecule has 0 bridgehead atoms. The molecule has 0 N–H and O–H groups in total. The Labute approximate surface area is 87.9 Å². The van der Waals surface area contributed by atoms with Crippen molar-refractivity contribution in [2.45, 2.75) is 12.5 Å². The molecule has 0 saturated carbocycles. The van der Waals surface area contributed by atoms with Gasteiger partial charge in [-0.15, -0.1) is 0 Å². The summed E-state index contributed by atoms with van der Waals surface area (Å²) in [7, 11) is 0. The number of benzene rings is 1. The van der Waals surface area contributed by atoms with E-state index in [1.54, 1.807) is 12.2 Å². The largest absolute Gasteiger partial charge is 0.478 e. The van der Waals surface area contributed by atoms with Crippen LogP contribution in [-0.4, -0.2) is 11.9 Å². The monoisotopic (exact) mass is 198 g/mol. The molecule has 2 nitrogen and oxygen atoms in total. The first-order valence-electron chi connectivity index (χ1n) is 5.00. The van der Waals surface area contributed by atoms with Gasteiger partial charge in [-0.3, -0.25) is 4.79 Å². The van der Waals surface area contributed by atoms with Gasteiger partial charge < -0.3 is 4.74 Å². The highest BCUT2D eigenvalue weighted by Crippen LogP contribution is 2.31. The number of rotatable bonds is 0. The summed E-state index contributed by atoms with van der Waals surface area (Å²) in [5, 5.41) is 0. The Hall–Kier alpha value is -1.83. The number of para-hydroxylation sites is 1. The fourth-order valence-electron chi connectivity index (χ4n) is 2.02. The second kappa shape index (κ2) is 3.09. The molecule has 74 valence electrons. The van der Waals surface area contributed by atoms with Crippen molar-refractivity contribution in [2.24, 2.45) is 0 Å². The number of carbonyl (C=O) groups is 1. The maximum atomic E-state index is 11.6. The average molecular weight is 198 g/mol. The van der Waals surface area contributed by atoms with Gasteiger partial charge in [-0.05, 0) is 23.3 Å².